The number of aromatic hydroxyl groups is 1. The summed E-state index contributed by atoms with van der Waals surface area (Å²) in [6, 6.07) is 9.65. The Morgan fingerprint density at radius 2 is 2.05 bits per heavy atom. The van der Waals surface area contributed by atoms with Crippen LogP contribution in [0.5, 0.6) is 11.5 Å². The second-order valence-corrected chi connectivity index (χ2v) is 12.4. The van der Waals surface area contributed by atoms with Gasteiger partial charge in [0.05, 0.1) is 6.04 Å². The van der Waals surface area contributed by atoms with Crippen LogP contribution in [0.25, 0.3) is 12.2 Å². The summed E-state index contributed by atoms with van der Waals surface area (Å²) in [5, 5.41) is 14.2. The van der Waals surface area contributed by atoms with Crippen LogP contribution < -0.4 is 10.1 Å². The molecule has 3 fully saturated rings. The Kier molecular flexibility index (Phi) is 5.45. The number of rotatable bonds is 4. The third-order valence-corrected chi connectivity index (χ3v) is 10.5. The highest BCUT2D eigenvalue weighted by molar-refractivity contribution is 8.14. The summed E-state index contributed by atoms with van der Waals surface area (Å²) < 4.78 is 6.57. The molecule has 2 aromatic carbocycles. The first kappa shape index (κ1) is 23.4. The fourth-order valence-corrected chi connectivity index (χ4v) is 8.66. The lowest BCUT2D eigenvalue weighted by atomic mass is 9.52. The van der Waals surface area contributed by atoms with Crippen molar-refractivity contribution in [2.75, 3.05) is 19.3 Å². The van der Waals surface area contributed by atoms with Gasteiger partial charge in [0.2, 0.25) is 5.12 Å². The van der Waals surface area contributed by atoms with Crippen LogP contribution in [-0.4, -0.2) is 58.6 Å². The Morgan fingerprint density at radius 3 is 2.84 bits per heavy atom. The highest BCUT2D eigenvalue weighted by Crippen LogP contribution is 2.64. The minimum atomic E-state index is -0.388. The normalized spacial score (nSPS) is 31.9. The van der Waals surface area contributed by atoms with Gasteiger partial charge in [0, 0.05) is 33.9 Å². The first-order chi connectivity index (χ1) is 18.0. The van der Waals surface area contributed by atoms with Gasteiger partial charge in [0.15, 0.2) is 11.5 Å². The van der Waals surface area contributed by atoms with E-state index in [0.29, 0.717) is 23.9 Å². The number of phenols is 1. The molecule has 6 nitrogen and oxygen atoms in total. The summed E-state index contributed by atoms with van der Waals surface area (Å²) in [6.07, 6.45) is 10.4. The smallest absolute Gasteiger partial charge is 0.251 e. The van der Waals surface area contributed by atoms with Crippen LogP contribution in [0.3, 0.4) is 0 Å². The summed E-state index contributed by atoms with van der Waals surface area (Å²) >= 11 is 1.28. The van der Waals surface area contributed by atoms with Crippen molar-refractivity contribution in [3.05, 3.63) is 58.1 Å². The molecule has 2 aromatic rings. The average molecular weight is 517 g/mol. The summed E-state index contributed by atoms with van der Waals surface area (Å²) in [6.45, 7) is 1.09. The summed E-state index contributed by atoms with van der Waals surface area (Å²) in [4.78, 5) is 26.9. The van der Waals surface area contributed by atoms with E-state index in [1.165, 1.54) is 35.7 Å². The predicted octanol–water partition coefficient (Wildman–Crippen LogP) is 4.38. The fourth-order valence-electron chi connectivity index (χ4n) is 7.73. The number of thioether (sulfide) groups is 1. The first-order valence-electron chi connectivity index (χ1n) is 13.5. The van der Waals surface area contributed by atoms with Gasteiger partial charge in [-0.3, -0.25) is 9.59 Å². The van der Waals surface area contributed by atoms with Crippen molar-refractivity contribution in [3.63, 3.8) is 0 Å². The van der Waals surface area contributed by atoms with E-state index in [1.807, 2.05) is 24.3 Å². The quantitative estimate of drug-likeness (QED) is 0.587. The highest BCUT2D eigenvalue weighted by atomic mass is 32.2. The number of carbonyl (C=O) groups is 2. The molecular formula is C30H32N2O4S. The molecule has 37 heavy (non-hydrogen) atoms. The molecule has 2 saturated heterocycles. The molecule has 3 aliphatic heterocycles. The Bertz CT molecular complexity index is 1320. The van der Waals surface area contributed by atoms with Crippen molar-refractivity contribution in [1.82, 2.24) is 10.2 Å². The lowest BCUT2D eigenvalue weighted by Gasteiger charge is -2.57. The molecule has 7 rings (SSSR count). The van der Waals surface area contributed by atoms with Crippen LogP contribution >= 0.6 is 11.8 Å². The van der Waals surface area contributed by atoms with Crippen molar-refractivity contribution in [1.29, 1.82) is 0 Å². The highest BCUT2D eigenvalue weighted by Gasteiger charge is 2.63. The summed E-state index contributed by atoms with van der Waals surface area (Å²) in [7, 11) is 2.26. The SMILES string of the molecule is CN1CCC23c4c5cc(C=Cc6ccc(C(=O)NC7CCSC7=O)cc6)c(O)c4OC2CCCC3C1C5. The van der Waals surface area contributed by atoms with Gasteiger partial charge >= 0.3 is 0 Å². The molecule has 2 aliphatic carbocycles. The minimum absolute atomic E-state index is 0.0368. The van der Waals surface area contributed by atoms with E-state index < -0.39 is 0 Å². The molecule has 5 unspecified atom stereocenters. The zero-order valence-corrected chi connectivity index (χ0v) is 21.9. The Hall–Kier alpha value is -2.77. The Labute approximate surface area is 221 Å². The van der Waals surface area contributed by atoms with Crippen LogP contribution in [0.1, 0.15) is 64.7 Å². The number of benzene rings is 2. The maximum Gasteiger partial charge on any atom is 0.251 e. The third kappa shape index (κ3) is 3.50. The molecule has 7 heteroatoms. The average Bonchev–Trinajstić information content (AvgIpc) is 3.47. The molecule has 192 valence electrons. The number of piperidine rings is 1. The largest absolute Gasteiger partial charge is 0.504 e. The van der Waals surface area contributed by atoms with Crippen LogP contribution in [0, 0.1) is 5.92 Å². The molecule has 5 atom stereocenters. The zero-order chi connectivity index (χ0) is 25.3. The van der Waals surface area contributed by atoms with Crippen LogP contribution in [-0.2, 0) is 16.6 Å². The molecule has 3 heterocycles. The van der Waals surface area contributed by atoms with Crippen molar-refractivity contribution in [3.8, 4) is 11.5 Å². The molecule has 2 N–H and O–H groups in total. The standard InChI is InChI=1S/C30H32N2O4S/c1-32-13-12-30-21-3-2-4-24(30)36-27-25(30)20(16-23(21)32)15-19(26(27)33)10-7-17-5-8-18(9-6-17)28(34)31-22-11-14-37-29(22)35/h5-10,15,21-24,33H,2-4,11-14,16H2,1H3,(H,31,34). The van der Waals surface area contributed by atoms with Crippen LogP contribution in [0.4, 0.5) is 0 Å². The number of hydrogen-bond donors (Lipinski definition) is 2. The zero-order valence-electron chi connectivity index (χ0n) is 21.0. The summed E-state index contributed by atoms with van der Waals surface area (Å²) in [5.74, 6) is 2.13. The van der Waals surface area contributed by atoms with E-state index >= 15 is 0 Å². The van der Waals surface area contributed by atoms with Gasteiger partial charge in [-0.1, -0.05) is 36.0 Å². The van der Waals surface area contributed by atoms with Crippen molar-refractivity contribution < 1.29 is 19.4 Å². The number of carbonyl (C=O) groups excluding carboxylic acids is 2. The lowest BCUT2D eigenvalue weighted by Crippen LogP contribution is -2.63. The number of likely N-dealkylation sites (N-methyl/N-ethyl adjacent to an activating group) is 1. The third-order valence-electron chi connectivity index (χ3n) is 9.52. The Balaban J connectivity index is 1.16. The van der Waals surface area contributed by atoms with E-state index in [-0.39, 0.29) is 34.3 Å². The topological polar surface area (TPSA) is 78.9 Å². The molecular weight excluding hydrogens is 484 g/mol. The van der Waals surface area contributed by atoms with Gasteiger partial charge in [0.25, 0.3) is 5.91 Å². The maximum atomic E-state index is 12.5. The number of phenolic OH excluding ortho intramolecular Hbond substituents is 1. The number of nitrogens with one attached hydrogen (secondary N) is 1. The number of likely N-dealkylation sites (tertiary alicyclic amines) is 1. The number of amides is 1. The molecule has 0 aromatic heterocycles. The first-order valence-corrected chi connectivity index (χ1v) is 14.5. The minimum Gasteiger partial charge on any atom is -0.504 e. The molecule has 2 bridgehead atoms. The van der Waals surface area contributed by atoms with E-state index in [0.717, 1.165) is 48.4 Å². The van der Waals surface area contributed by atoms with E-state index in [2.05, 4.69) is 23.3 Å². The van der Waals surface area contributed by atoms with Gasteiger partial charge in [-0.25, -0.2) is 0 Å². The van der Waals surface area contributed by atoms with Gasteiger partial charge in [-0.05, 0) is 87.4 Å². The summed E-state index contributed by atoms with van der Waals surface area (Å²) in [5.41, 5.74) is 4.94. The predicted molar refractivity (Wildman–Crippen MR) is 145 cm³/mol. The van der Waals surface area contributed by atoms with E-state index in [1.54, 1.807) is 12.1 Å². The van der Waals surface area contributed by atoms with E-state index in [9.17, 15) is 14.7 Å². The Morgan fingerprint density at radius 1 is 1.22 bits per heavy atom. The van der Waals surface area contributed by atoms with Gasteiger partial charge < -0.3 is 20.1 Å². The molecule has 1 amide bonds. The maximum absolute atomic E-state index is 12.5. The van der Waals surface area contributed by atoms with Gasteiger partial charge in [-0.15, -0.1) is 0 Å². The van der Waals surface area contributed by atoms with Crippen molar-refractivity contribution in [2.24, 2.45) is 5.92 Å². The van der Waals surface area contributed by atoms with Crippen LogP contribution in [0.15, 0.2) is 30.3 Å². The molecule has 5 aliphatic rings. The van der Waals surface area contributed by atoms with Crippen molar-refractivity contribution >= 4 is 34.9 Å². The van der Waals surface area contributed by atoms with E-state index in [4.69, 9.17) is 4.74 Å². The fraction of sp³-hybridized carbons (Fsp3) is 0.467. The number of nitrogens with zero attached hydrogens (tertiary/aromatic N) is 1. The van der Waals surface area contributed by atoms with Gasteiger partial charge in [0.1, 0.15) is 6.10 Å². The lowest BCUT2D eigenvalue weighted by molar-refractivity contribution is -0.112. The monoisotopic (exact) mass is 516 g/mol. The molecule has 0 radical (unpaired) electrons. The number of hydrogen-bond acceptors (Lipinski definition) is 6. The second-order valence-electron chi connectivity index (χ2n) is 11.3. The number of ether oxygens (including phenoxy) is 1. The van der Waals surface area contributed by atoms with Gasteiger partial charge in [-0.2, -0.15) is 0 Å². The van der Waals surface area contributed by atoms with Crippen molar-refractivity contribution in [2.45, 2.75) is 62.1 Å². The molecule has 1 saturated carbocycles. The molecule has 1 spiro atoms. The second kappa shape index (κ2) is 8.63. The van der Waals surface area contributed by atoms with Crippen LogP contribution in [0.2, 0.25) is 0 Å².